The minimum absolute atomic E-state index is 0.0125. The van der Waals surface area contributed by atoms with E-state index >= 15 is 0 Å². The smallest absolute Gasteiger partial charge is 0.182 e. The van der Waals surface area contributed by atoms with E-state index in [0.29, 0.717) is 22.6 Å². The molecule has 1 heterocycles. The molecular weight excluding hydrogens is 248 g/mol. The van der Waals surface area contributed by atoms with Gasteiger partial charge in [0.25, 0.3) is 0 Å². The Morgan fingerprint density at radius 1 is 1.21 bits per heavy atom. The summed E-state index contributed by atoms with van der Waals surface area (Å²) >= 11 is 0. The zero-order valence-electron chi connectivity index (χ0n) is 10.5. The van der Waals surface area contributed by atoms with E-state index in [1.165, 1.54) is 12.1 Å². The van der Waals surface area contributed by atoms with Gasteiger partial charge in [-0.2, -0.15) is 5.26 Å². The predicted molar refractivity (Wildman–Crippen MR) is 68.1 cm³/mol. The summed E-state index contributed by atoms with van der Waals surface area (Å²) in [6.07, 6.45) is 0. The molecule has 0 bridgehead atoms. The lowest BCUT2D eigenvalue weighted by Crippen LogP contribution is -2.02. The molecule has 5 heteroatoms. The number of aromatic nitrogens is 1. The third-order valence-corrected chi connectivity index (χ3v) is 2.66. The Morgan fingerprint density at radius 3 is 2.63 bits per heavy atom. The van der Waals surface area contributed by atoms with Crippen molar-refractivity contribution in [2.75, 3.05) is 5.32 Å². The van der Waals surface area contributed by atoms with Crippen LogP contribution in [0.3, 0.4) is 0 Å². The zero-order valence-corrected chi connectivity index (χ0v) is 10.5. The fourth-order valence-electron chi connectivity index (χ4n) is 1.81. The van der Waals surface area contributed by atoms with E-state index in [4.69, 9.17) is 5.26 Å². The number of nitrogens with zero attached hydrogens (tertiary/aromatic N) is 2. The first-order chi connectivity index (χ1) is 9.02. The number of halogens is 2. The Hall–Kier alpha value is -2.48. The minimum atomic E-state index is -0.974. The summed E-state index contributed by atoms with van der Waals surface area (Å²) in [4.78, 5) is 4.16. The van der Waals surface area contributed by atoms with E-state index in [-0.39, 0.29) is 5.69 Å². The molecule has 0 aliphatic rings. The number of nitriles is 1. The zero-order chi connectivity index (χ0) is 14.0. The Balaban J connectivity index is 2.50. The summed E-state index contributed by atoms with van der Waals surface area (Å²) in [7, 11) is 0. The third kappa shape index (κ3) is 2.52. The van der Waals surface area contributed by atoms with Crippen LogP contribution >= 0.6 is 0 Å². The van der Waals surface area contributed by atoms with Gasteiger partial charge in [0.2, 0.25) is 0 Å². The van der Waals surface area contributed by atoms with Crippen LogP contribution in [0, 0.1) is 36.8 Å². The number of hydrogen-bond acceptors (Lipinski definition) is 3. The van der Waals surface area contributed by atoms with Gasteiger partial charge in [-0.1, -0.05) is 6.07 Å². The van der Waals surface area contributed by atoms with E-state index in [0.717, 1.165) is 6.07 Å². The highest BCUT2D eigenvalue weighted by Gasteiger charge is 2.12. The number of nitrogens with one attached hydrogen (secondary N) is 1. The lowest BCUT2D eigenvalue weighted by atomic mass is 10.1. The van der Waals surface area contributed by atoms with Crippen LogP contribution in [0.5, 0.6) is 0 Å². The van der Waals surface area contributed by atoms with Gasteiger partial charge in [0, 0.05) is 5.69 Å². The van der Waals surface area contributed by atoms with Gasteiger partial charge in [0.05, 0.1) is 22.6 Å². The molecule has 96 valence electrons. The number of hydrogen-bond donors (Lipinski definition) is 1. The predicted octanol–water partition coefficient (Wildman–Crippen LogP) is 3.59. The highest BCUT2D eigenvalue weighted by molar-refractivity contribution is 5.68. The standard InChI is InChI=1S/C14H11F2N3/c1-8-6-13(10(7-17)9(2)18-8)19-12-5-3-4-11(15)14(12)16/h3-6H,1-2H3,(H,18,19). The summed E-state index contributed by atoms with van der Waals surface area (Å²) in [5.41, 5.74) is 1.95. The number of aryl methyl sites for hydroxylation is 2. The largest absolute Gasteiger partial charge is 0.352 e. The number of pyridine rings is 1. The van der Waals surface area contributed by atoms with E-state index < -0.39 is 11.6 Å². The quantitative estimate of drug-likeness (QED) is 0.896. The van der Waals surface area contributed by atoms with Gasteiger partial charge in [-0.3, -0.25) is 4.98 Å². The first-order valence-corrected chi connectivity index (χ1v) is 5.62. The molecule has 1 aromatic carbocycles. The van der Waals surface area contributed by atoms with E-state index in [9.17, 15) is 8.78 Å². The Morgan fingerprint density at radius 2 is 1.95 bits per heavy atom. The van der Waals surface area contributed by atoms with Crippen molar-refractivity contribution >= 4 is 11.4 Å². The van der Waals surface area contributed by atoms with Gasteiger partial charge in [-0.15, -0.1) is 0 Å². The second-order valence-electron chi connectivity index (χ2n) is 4.11. The normalized spacial score (nSPS) is 10.1. The molecule has 3 nitrogen and oxygen atoms in total. The maximum atomic E-state index is 13.6. The van der Waals surface area contributed by atoms with Gasteiger partial charge in [0.1, 0.15) is 6.07 Å². The van der Waals surface area contributed by atoms with Gasteiger partial charge >= 0.3 is 0 Å². The van der Waals surface area contributed by atoms with Crippen molar-refractivity contribution < 1.29 is 8.78 Å². The highest BCUT2D eigenvalue weighted by atomic mass is 19.2. The van der Waals surface area contributed by atoms with Gasteiger partial charge < -0.3 is 5.32 Å². The highest BCUT2D eigenvalue weighted by Crippen LogP contribution is 2.25. The van der Waals surface area contributed by atoms with Gasteiger partial charge in [0.15, 0.2) is 11.6 Å². The van der Waals surface area contributed by atoms with E-state index in [1.54, 1.807) is 19.9 Å². The average molecular weight is 259 g/mol. The van der Waals surface area contributed by atoms with Crippen molar-refractivity contribution in [1.82, 2.24) is 4.98 Å². The van der Waals surface area contributed by atoms with Crippen LogP contribution in [0.1, 0.15) is 17.0 Å². The Bertz CT molecular complexity index is 675. The topological polar surface area (TPSA) is 48.7 Å². The summed E-state index contributed by atoms with van der Waals surface area (Å²) in [6.45, 7) is 3.46. The van der Waals surface area contributed by atoms with Crippen LogP contribution in [-0.4, -0.2) is 4.98 Å². The van der Waals surface area contributed by atoms with E-state index in [1.807, 2.05) is 6.07 Å². The Kier molecular flexibility index (Phi) is 3.43. The Labute approximate surface area is 109 Å². The monoisotopic (exact) mass is 259 g/mol. The fourth-order valence-corrected chi connectivity index (χ4v) is 1.81. The number of benzene rings is 1. The van der Waals surface area contributed by atoms with Crippen LogP contribution in [0.15, 0.2) is 24.3 Å². The average Bonchev–Trinajstić information content (AvgIpc) is 2.34. The van der Waals surface area contributed by atoms with Gasteiger partial charge in [-0.05, 0) is 32.0 Å². The summed E-state index contributed by atoms with van der Waals surface area (Å²) in [5.74, 6) is -1.91. The molecule has 0 radical (unpaired) electrons. The first kappa shape index (κ1) is 13.0. The summed E-state index contributed by atoms with van der Waals surface area (Å²) in [6, 6.07) is 7.47. The van der Waals surface area contributed by atoms with Crippen molar-refractivity contribution in [1.29, 1.82) is 5.26 Å². The van der Waals surface area contributed by atoms with Crippen molar-refractivity contribution in [2.24, 2.45) is 0 Å². The number of rotatable bonds is 2. The molecule has 0 aliphatic heterocycles. The molecule has 0 aliphatic carbocycles. The number of anilines is 2. The molecule has 0 spiro atoms. The molecule has 2 rings (SSSR count). The third-order valence-electron chi connectivity index (χ3n) is 2.66. The fraction of sp³-hybridized carbons (Fsp3) is 0.143. The van der Waals surface area contributed by atoms with Crippen LogP contribution in [0.4, 0.5) is 20.2 Å². The van der Waals surface area contributed by atoms with Crippen molar-refractivity contribution in [3.8, 4) is 6.07 Å². The lowest BCUT2D eigenvalue weighted by Gasteiger charge is -2.11. The molecule has 1 aromatic heterocycles. The van der Waals surface area contributed by atoms with Crippen molar-refractivity contribution in [2.45, 2.75) is 13.8 Å². The molecule has 2 aromatic rings. The van der Waals surface area contributed by atoms with Crippen molar-refractivity contribution in [3.63, 3.8) is 0 Å². The first-order valence-electron chi connectivity index (χ1n) is 5.62. The molecule has 0 fully saturated rings. The minimum Gasteiger partial charge on any atom is -0.352 e. The second kappa shape index (κ2) is 5.02. The van der Waals surface area contributed by atoms with Crippen LogP contribution in [0.2, 0.25) is 0 Å². The van der Waals surface area contributed by atoms with Crippen LogP contribution < -0.4 is 5.32 Å². The summed E-state index contributed by atoms with van der Waals surface area (Å²) < 4.78 is 26.7. The molecule has 1 N–H and O–H groups in total. The molecule has 0 saturated carbocycles. The van der Waals surface area contributed by atoms with Crippen LogP contribution in [-0.2, 0) is 0 Å². The van der Waals surface area contributed by atoms with Gasteiger partial charge in [-0.25, -0.2) is 8.78 Å². The second-order valence-corrected chi connectivity index (χ2v) is 4.11. The van der Waals surface area contributed by atoms with E-state index in [2.05, 4.69) is 10.3 Å². The molecule has 0 saturated heterocycles. The molecule has 19 heavy (non-hydrogen) atoms. The summed E-state index contributed by atoms with van der Waals surface area (Å²) in [5, 5.41) is 11.8. The maximum absolute atomic E-state index is 13.6. The maximum Gasteiger partial charge on any atom is 0.182 e. The molecule has 0 unspecified atom stereocenters. The lowest BCUT2D eigenvalue weighted by molar-refractivity contribution is 0.512. The van der Waals surface area contributed by atoms with Crippen LogP contribution in [0.25, 0.3) is 0 Å². The molecular formula is C14H11F2N3. The molecule has 0 amide bonds. The SMILES string of the molecule is Cc1cc(Nc2cccc(F)c2F)c(C#N)c(C)n1. The molecule has 0 atom stereocenters. The van der Waals surface area contributed by atoms with Crippen molar-refractivity contribution in [3.05, 3.63) is 52.9 Å².